The van der Waals surface area contributed by atoms with Crippen LogP contribution in [0.5, 0.6) is 0 Å². The van der Waals surface area contributed by atoms with E-state index in [4.69, 9.17) is 14.2 Å². The fourth-order valence-electron chi connectivity index (χ4n) is 4.87. The third-order valence-corrected chi connectivity index (χ3v) is 6.47. The first-order valence-corrected chi connectivity index (χ1v) is 9.87. The topological polar surface area (TPSA) is 102 Å². The van der Waals surface area contributed by atoms with Crippen LogP contribution in [0.1, 0.15) is 47.0 Å². The van der Waals surface area contributed by atoms with Gasteiger partial charge in [-0.3, -0.25) is 4.79 Å². The summed E-state index contributed by atoms with van der Waals surface area (Å²) in [5, 5.41) is 13.1. The Morgan fingerprint density at radius 3 is 2.68 bits per heavy atom. The van der Waals surface area contributed by atoms with Gasteiger partial charge in [0.1, 0.15) is 12.6 Å². The fourth-order valence-corrected chi connectivity index (χ4v) is 4.87. The van der Waals surface area contributed by atoms with Gasteiger partial charge < -0.3 is 24.1 Å². The second kappa shape index (κ2) is 7.48. The summed E-state index contributed by atoms with van der Waals surface area (Å²) in [5.74, 6) is -2.28. The lowest BCUT2D eigenvalue weighted by Crippen LogP contribution is -2.49. The van der Waals surface area contributed by atoms with Gasteiger partial charge in [0.05, 0.1) is 19.0 Å². The van der Waals surface area contributed by atoms with Crippen LogP contribution in [0.3, 0.4) is 0 Å². The number of nitrogens with zero attached hydrogens (tertiary/aromatic N) is 1. The Kier molecular flexibility index (Phi) is 5.55. The molecule has 0 bridgehead atoms. The molecule has 0 unspecified atom stereocenters. The van der Waals surface area contributed by atoms with Crippen LogP contribution in [0.25, 0.3) is 0 Å². The first-order chi connectivity index (χ1) is 13.0. The van der Waals surface area contributed by atoms with Crippen LogP contribution in [-0.4, -0.2) is 60.0 Å². The number of allylic oxidation sites excluding steroid dienone is 1. The smallest absolute Gasteiger partial charge is 0.350 e. The van der Waals surface area contributed by atoms with Crippen LogP contribution in [-0.2, 0) is 28.6 Å². The van der Waals surface area contributed by atoms with Crippen molar-refractivity contribution >= 4 is 17.9 Å². The van der Waals surface area contributed by atoms with Gasteiger partial charge in [-0.25, -0.2) is 9.59 Å². The van der Waals surface area contributed by atoms with E-state index in [1.165, 1.54) is 19.9 Å². The second-order valence-corrected chi connectivity index (χ2v) is 8.60. The van der Waals surface area contributed by atoms with Gasteiger partial charge in [0.25, 0.3) is 0 Å². The molecule has 6 atom stereocenters. The normalized spacial score (nSPS) is 41.5. The number of carbonyl (C=O) groups is 3. The Morgan fingerprint density at radius 2 is 2.00 bits per heavy atom. The van der Waals surface area contributed by atoms with Gasteiger partial charge in [0.15, 0.2) is 6.10 Å². The van der Waals surface area contributed by atoms with E-state index in [9.17, 15) is 19.6 Å². The molecule has 0 aromatic heterocycles. The molecule has 2 fully saturated rings. The fraction of sp³-hybridized carbons (Fsp3) is 0.750. The number of cyclic esters (lactones) is 1. The summed E-state index contributed by atoms with van der Waals surface area (Å²) < 4.78 is 16.2. The second-order valence-electron chi connectivity index (χ2n) is 8.60. The third-order valence-electron chi connectivity index (χ3n) is 6.47. The van der Waals surface area contributed by atoms with E-state index in [0.717, 1.165) is 0 Å². The minimum Gasteiger partial charge on any atom is -0.632 e. The van der Waals surface area contributed by atoms with Gasteiger partial charge in [0.2, 0.25) is 5.60 Å². The summed E-state index contributed by atoms with van der Waals surface area (Å²) >= 11 is 0. The van der Waals surface area contributed by atoms with Gasteiger partial charge >= 0.3 is 17.9 Å². The minimum atomic E-state index is -1.48. The predicted molar refractivity (Wildman–Crippen MR) is 98.4 cm³/mol. The first kappa shape index (κ1) is 20.8. The van der Waals surface area contributed by atoms with Crippen molar-refractivity contribution in [3.05, 3.63) is 16.9 Å². The van der Waals surface area contributed by atoms with Gasteiger partial charge in [-0.15, -0.1) is 0 Å². The lowest BCUT2D eigenvalue weighted by Gasteiger charge is -2.40. The summed E-state index contributed by atoms with van der Waals surface area (Å²) in [6.07, 6.45) is 2.39. The summed E-state index contributed by atoms with van der Waals surface area (Å²) in [6, 6.07) is -0.427. The van der Waals surface area contributed by atoms with Gasteiger partial charge in [0, 0.05) is 31.8 Å². The van der Waals surface area contributed by atoms with E-state index in [0.29, 0.717) is 37.9 Å². The van der Waals surface area contributed by atoms with E-state index in [2.05, 4.69) is 0 Å². The van der Waals surface area contributed by atoms with Gasteiger partial charge in [-0.1, -0.05) is 12.5 Å². The molecule has 28 heavy (non-hydrogen) atoms. The number of carbonyl (C=O) groups excluding carboxylic acids is 3. The van der Waals surface area contributed by atoms with Crippen molar-refractivity contribution < 1.29 is 33.2 Å². The summed E-state index contributed by atoms with van der Waals surface area (Å²) in [4.78, 5) is 36.9. The number of quaternary nitrogens is 1. The Labute approximate surface area is 165 Å². The Hall–Kier alpha value is -1.93. The average molecular weight is 395 g/mol. The Morgan fingerprint density at radius 1 is 1.32 bits per heavy atom. The zero-order valence-corrected chi connectivity index (χ0v) is 16.9. The third kappa shape index (κ3) is 3.80. The highest BCUT2D eigenvalue weighted by molar-refractivity contribution is 5.84. The monoisotopic (exact) mass is 395 g/mol. The largest absolute Gasteiger partial charge is 0.632 e. The zero-order chi connectivity index (χ0) is 20.7. The molecule has 0 spiro atoms. The Bertz CT molecular complexity index is 705. The molecule has 0 N–H and O–H groups in total. The van der Waals surface area contributed by atoms with Crippen molar-refractivity contribution in [1.29, 1.82) is 0 Å². The number of ether oxygens (including phenoxy) is 3. The van der Waals surface area contributed by atoms with Crippen LogP contribution in [0.15, 0.2) is 11.6 Å². The van der Waals surface area contributed by atoms with Crippen molar-refractivity contribution in [3.8, 4) is 0 Å². The molecule has 3 aliphatic heterocycles. The van der Waals surface area contributed by atoms with E-state index >= 15 is 0 Å². The number of hydroxylamine groups is 3. The minimum absolute atomic E-state index is 0.0514. The number of hydrogen-bond acceptors (Lipinski definition) is 7. The van der Waals surface area contributed by atoms with E-state index in [1.807, 2.05) is 0 Å². The number of hydrogen-bond donors (Lipinski definition) is 0. The zero-order valence-electron chi connectivity index (χ0n) is 16.9. The molecule has 0 amide bonds. The van der Waals surface area contributed by atoms with Crippen LogP contribution < -0.4 is 0 Å². The quantitative estimate of drug-likeness (QED) is 0.289. The maximum atomic E-state index is 13.1. The lowest BCUT2D eigenvalue weighted by molar-refractivity contribution is -0.882. The predicted octanol–water partition coefficient (Wildman–Crippen LogP) is 1.86. The highest BCUT2D eigenvalue weighted by Crippen LogP contribution is 2.41. The maximum absolute atomic E-state index is 13.1. The number of rotatable bonds is 1. The van der Waals surface area contributed by atoms with E-state index in [-0.39, 0.29) is 12.5 Å². The molecule has 0 aliphatic carbocycles. The van der Waals surface area contributed by atoms with Crippen molar-refractivity contribution in [3.63, 3.8) is 0 Å². The van der Waals surface area contributed by atoms with E-state index in [1.54, 1.807) is 13.8 Å². The Balaban J connectivity index is 1.93. The van der Waals surface area contributed by atoms with Crippen LogP contribution in [0.4, 0.5) is 0 Å². The highest BCUT2D eigenvalue weighted by Gasteiger charge is 2.54. The molecule has 3 aliphatic rings. The number of esters is 3. The molecule has 0 aromatic carbocycles. The van der Waals surface area contributed by atoms with Gasteiger partial charge in [-0.2, -0.15) is 0 Å². The summed E-state index contributed by atoms with van der Waals surface area (Å²) in [5.41, 5.74) is -0.775. The van der Waals surface area contributed by atoms with E-state index < -0.39 is 46.2 Å². The molecular weight excluding hydrogens is 366 g/mol. The molecule has 8 nitrogen and oxygen atoms in total. The molecule has 3 rings (SSSR count). The van der Waals surface area contributed by atoms with Crippen molar-refractivity contribution in [1.82, 2.24) is 0 Å². The lowest BCUT2D eigenvalue weighted by atomic mass is 9.85. The van der Waals surface area contributed by atoms with Gasteiger partial charge in [-0.05, 0) is 20.3 Å². The molecule has 0 radical (unpaired) electrons. The van der Waals surface area contributed by atoms with Crippen LogP contribution >= 0.6 is 0 Å². The summed E-state index contributed by atoms with van der Waals surface area (Å²) in [7, 11) is 0. The molecule has 0 aromatic rings. The summed E-state index contributed by atoms with van der Waals surface area (Å²) in [6.45, 7) is 7.19. The molecule has 156 valence electrons. The molecular formula is C20H29NO7. The van der Waals surface area contributed by atoms with Crippen molar-refractivity contribution in [2.75, 3.05) is 19.7 Å². The standard InChI is InChI=1S/C20H29NO7/c1-12-9-13(2)20(4,28-14(3)22)19(24)26-11-15-5-7-21(25)8-6-16(18(15)21)27-17(23)10-12/h10,13,15-16,18H,5-9,11H2,1-4H3/t13-,15-,16-,18-,20-,21-/m1/s1. The maximum Gasteiger partial charge on any atom is 0.350 e. The SMILES string of the molecule is CC(=O)O[C@@]1(C)C(=O)OC[C@H]2CC[N@@+]3([O-])CC[C@@H](OC(=O)C=C(C)C[C@H]1C)[C@@H]23. The highest BCUT2D eigenvalue weighted by atomic mass is 16.6. The molecule has 0 saturated carbocycles. The van der Waals surface area contributed by atoms with Crippen LogP contribution in [0.2, 0.25) is 0 Å². The first-order valence-electron chi connectivity index (χ1n) is 9.87. The molecule has 2 saturated heterocycles. The average Bonchev–Trinajstić information content (AvgIpc) is 3.07. The molecule has 3 heterocycles. The van der Waals surface area contributed by atoms with Crippen molar-refractivity contribution in [2.24, 2.45) is 11.8 Å². The van der Waals surface area contributed by atoms with Crippen LogP contribution in [0, 0.1) is 17.0 Å². The molecule has 8 heteroatoms. The van der Waals surface area contributed by atoms with Crippen molar-refractivity contribution in [2.45, 2.75) is 64.7 Å².